The molecule has 0 amide bonds. The predicted molar refractivity (Wildman–Crippen MR) is 93.8 cm³/mol. The van der Waals surface area contributed by atoms with Crippen molar-refractivity contribution in [1.29, 1.82) is 0 Å². The van der Waals surface area contributed by atoms with E-state index in [0.717, 1.165) is 24.6 Å². The van der Waals surface area contributed by atoms with E-state index in [1.165, 1.54) is 30.1 Å². The molecule has 1 aliphatic rings. The van der Waals surface area contributed by atoms with Crippen molar-refractivity contribution >= 4 is 28.5 Å². The van der Waals surface area contributed by atoms with Crippen molar-refractivity contribution in [2.24, 2.45) is 11.8 Å². The first-order valence-corrected chi connectivity index (χ1v) is 9.25. The van der Waals surface area contributed by atoms with Gasteiger partial charge in [0.15, 0.2) is 10.3 Å². The molecule has 2 aromatic rings. The molecule has 5 nitrogen and oxygen atoms in total. The SMILES string of the molecule is CC(=O)Sc1ncnn1CC(O)(c1ccc(Cl)cc1F)C(C)C1CC1. The summed E-state index contributed by atoms with van der Waals surface area (Å²) in [5.74, 6) is -0.404. The molecule has 2 unspecified atom stereocenters. The standard InChI is InChI=1S/C17H19ClFN3O2S/c1-10(12-3-4-12)17(24,14-6-5-13(18)7-15(14)19)8-22-16(20-9-21-22)25-11(2)23/h5-7,9-10,12,24H,3-4,8H2,1-2H3. The molecular formula is C17H19ClFN3O2S. The summed E-state index contributed by atoms with van der Waals surface area (Å²) in [6.45, 7) is 3.36. The summed E-state index contributed by atoms with van der Waals surface area (Å²) >= 11 is 6.79. The zero-order valence-electron chi connectivity index (χ0n) is 13.9. The quantitative estimate of drug-likeness (QED) is 0.771. The molecular weight excluding hydrogens is 365 g/mol. The average molecular weight is 384 g/mol. The van der Waals surface area contributed by atoms with Gasteiger partial charge in [-0.15, -0.1) is 0 Å². The molecule has 0 spiro atoms. The van der Waals surface area contributed by atoms with Crippen LogP contribution in [-0.4, -0.2) is 25.0 Å². The molecule has 0 radical (unpaired) electrons. The summed E-state index contributed by atoms with van der Waals surface area (Å²) in [7, 11) is 0. The van der Waals surface area contributed by atoms with Crippen LogP contribution in [0.25, 0.3) is 0 Å². The fourth-order valence-electron chi connectivity index (χ4n) is 3.10. The second kappa shape index (κ2) is 7.05. The number of aliphatic hydroxyl groups is 1. The number of benzene rings is 1. The third-order valence-corrected chi connectivity index (χ3v) is 5.71. The van der Waals surface area contributed by atoms with E-state index in [2.05, 4.69) is 10.1 Å². The topological polar surface area (TPSA) is 68.0 Å². The second-order valence-electron chi connectivity index (χ2n) is 6.47. The van der Waals surface area contributed by atoms with E-state index in [1.807, 2.05) is 6.92 Å². The van der Waals surface area contributed by atoms with E-state index in [9.17, 15) is 14.3 Å². The normalized spacial score (nSPS) is 18.0. The lowest BCUT2D eigenvalue weighted by Gasteiger charge is -2.35. The molecule has 1 fully saturated rings. The highest BCUT2D eigenvalue weighted by molar-refractivity contribution is 8.13. The first kappa shape index (κ1) is 18.4. The Balaban J connectivity index is 2.00. The smallest absolute Gasteiger partial charge is 0.193 e. The van der Waals surface area contributed by atoms with Gasteiger partial charge in [-0.05, 0) is 48.6 Å². The third-order valence-electron chi connectivity index (χ3n) is 4.69. The molecule has 1 N–H and O–H groups in total. The van der Waals surface area contributed by atoms with Gasteiger partial charge in [-0.2, -0.15) is 5.10 Å². The molecule has 2 atom stereocenters. The summed E-state index contributed by atoms with van der Waals surface area (Å²) in [5, 5.41) is 16.1. The van der Waals surface area contributed by atoms with Crippen molar-refractivity contribution in [2.75, 3.05) is 0 Å². The van der Waals surface area contributed by atoms with E-state index >= 15 is 0 Å². The van der Waals surface area contributed by atoms with Gasteiger partial charge >= 0.3 is 0 Å². The summed E-state index contributed by atoms with van der Waals surface area (Å²) in [4.78, 5) is 15.4. The Bertz CT molecular complexity index is 796. The Morgan fingerprint density at radius 3 is 2.88 bits per heavy atom. The van der Waals surface area contributed by atoms with E-state index in [-0.39, 0.29) is 28.2 Å². The van der Waals surface area contributed by atoms with Crippen molar-refractivity contribution in [1.82, 2.24) is 14.8 Å². The summed E-state index contributed by atoms with van der Waals surface area (Å²) < 4.78 is 16.0. The highest BCUT2D eigenvalue weighted by atomic mass is 35.5. The van der Waals surface area contributed by atoms with Gasteiger partial charge in [-0.3, -0.25) is 4.79 Å². The lowest BCUT2D eigenvalue weighted by Crippen LogP contribution is -2.40. The highest BCUT2D eigenvalue weighted by Crippen LogP contribution is 2.47. The molecule has 1 aliphatic carbocycles. The minimum Gasteiger partial charge on any atom is -0.383 e. The maximum absolute atomic E-state index is 14.6. The zero-order valence-corrected chi connectivity index (χ0v) is 15.5. The van der Waals surface area contributed by atoms with Gasteiger partial charge in [0.1, 0.15) is 17.7 Å². The Morgan fingerprint density at radius 2 is 2.28 bits per heavy atom. The molecule has 1 aromatic heterocycles. The molecule has 0 aliphatic heterocycles. The van der Waals surface area contributed by atoms with Crippen molar-refractivity contribution in [3.63, 3.8) is 0 Å². The molecule has 0 bridgehead atoms. The number of carbonyl (C=O) groups excluding carboxylic acids is 1. The van der Waals surface area contributed by atoms with Crippen LogP contribution in [0.5, 0.6) is 0 Å². The zero-order chi connectivity index (χ0) is 18.2. The summed E-state index contributed by atoms with van der Waals surface area (Å²) in [5.41, 5.74) is -1.29. The first-order chi connectivity index (χ1) is 11.8. The van der Waals surface area contributed by atoms with Gasteiger partial charge in [-0.25, -0.2) is 14.1 Å². The number of hydrogen-bond donors (Lipinski definition) is 1. The lowest BCUT2D eigenvalue weighted by atomic mass is 9.79. The monoisotopic (exact) mass is 383 g/mol. The maximum atomic E-state index is 14.6. The molecule has 1 saturated carbocycles. The Labute approximate surface area is 154 Å². The van der Waals surface area contributed by atoms with Crippen LogP contribution in [0.15, 0.2) is 29.7 Å². The molecule has 8 heteroatoms. The number of hydrogen-bond acceptors (Lipinski definition) is 5. The fourth-order valence-corrected chi connectivity index (χ4v) is 3.83. The van der Waals surface area contributed by atoms with Crippen LogP contribution in [0.4, 0.5) is 4.39 Å². The molecule has 1 aromatic carbocycles. The number of aromatic nitrogens is 3. The van der Waals surface area contributed by atoms with Gasteiger partial charge < -0.3 is 5.11 Å². The maximum Gasteiger partial charge on any atom is 0.193 e. The van der Waals surface area contributed by atoms with Gasteiger partial charge in [0.2, 0.25) is 0 Å². The average Bonchev–Trinajstić information content (AvgIpc) is 3.29. The second-order valence-corrected chi connectivity index (χ2v) is 8.05. The van der Waals surface area contributed by atoms with E-state index in [4.69, 9.17) is 11.6 Å². The van der Waals surface area contributed by atoms with Gasteiger partial charge in [-0.1, -0.05) is 24.6 Å². The lowest BCUT2D eigenvalue weighted by molar-refractivity contribution is -0.109. The van der Waals surface area contributed by atoms with Gasteiger partial charge in [0.05, 0.1) is 6.54 Å². The van der Waals surface area contributed by atoms with Crippen LogP contribution in [0.3, 0.4) is 0 Å². The Morgan fingerprint density at radius 1 is 1.56 bits per heavy atom. The van der Waals surface area contributed by atoms with Crippen LogP contribution in [0.1, 0.15) is 32.3 Å². The molecule has 25 heavy (non-hydrogen) atoms. The number of thioether (sulfide) groups is 1. The van der Waals surface area contributed by atoms with Crippen LogP contribution >= 0.6 is 23.4 Å². The van der Waals surface area contributed by atoms with E-state index in [0.29, 0.717) is 11.1 Å². The number of halogens is 2. The minimum absolute atomic E-state index is 0.0127. The number of nitrogens with zero attached hydrogens (tertiary/aromatic N) is 3. The van der Waals surface area contributed by atoms with Crippen LogP contribution in [0, 0.1) is 17.7 Å². The van der Waals surface area contributed by atoms with Crippen LogP contribution < -0.4 is 0 Å². The van der Waals surface area contributed by atoms with Crippen LogP contribution in [-0.2, 0) is 16.9 Å². The largest absolute Gasteiger partial charge is 0.383 e. The molecule has 134 valence electrons. The number of rotatable bonds is 6. The molecule has 3 rings (SSSR count). The molecule has 1 heterocycles. The van der Waals surface area contributed by atoms with Crippen LogP contribution in [0.2, 0.25) is 5.02 Å². The first-order valence-electron chi connectivity index (χ1n) is 8.05. The van der Waals surface area contributed by atoms with Gasteiger partial charge in [0.25, 0.3) is 0 Å². The van der Waals surface area contributed by atoms with Crippen molar-refractivity contribution in [3.8, 4) is 0 Å². The number of carbonyl (C=O) groups is 1. The third kappa shape index (κ3) is 3.88. The predicted octanol–water partition coefficient (Wildman–Crippen LogP) is 3.64. The van der Waals surface area contributed by atoms with Crippen molar-refractivity contribution < 1.29 is 14.3 Å². The summed E-state index contributed by atoms with van der Waals surface area (Å²) in [6, 6.07) is 4.29. The highest BCUT2D eigenvalue weighted by Gasteiger charge is 2.46. The Kier molecular flexibility index (Phi) is 5.18. The van der Waals surface area contributed by atoms with Crippen molar-refractivity contribution in [3.05, 3.63) is 40.9 Å². The van der Waals surface area contributed by atoms with E-state index < -0.39 is 11.4 Å². The van der Waals surface area contributed by atoms with Crippen molar-refractivity contribution in [2.45, 2.75) is 44.0 Å². The minimum atomic E-state index is -1.48. The summed E-state index contributed by atoms with van der Waals surface area (Å²) in [6.07, 6.45) is 3.34. The van der Waals surface area contributed by atoms with E-state index in [1.54, 1.807) is 6.07 Å². The Hall–Kier alpha value is -1.44. The fraction of sp³-hybridized carbons (Fsp3) is 0.471. The molecule has 0 saturated heterocycles. The van der Waals surface area contributed by atoms with Gasteiger partial charge in [0, 0.05) is 17.5 Å².